The van der Waals surface area contributed by atoms with E-state index in [-0.39, 0.29) is 17.2 Å². The summed E-state index contributed by atoms with van der Waals surface area (Å²) in [7, 11) is -0.260. The third-order valence-corrected chi connectivity index (χ3v) is 6.64. The molecule has 0 unspecified atom stereocenters. The molecular formula is C24H34N4O4S. The third-order valence-electron chi connectivity index (χ3n) is 5.15. The number of carbonyl (C=O) groups excluding carboxylic acids is 2. The van der Waals surface area contributed by atoms with Crippen molar-refractivity contribution in [2.24, 2.45) is 11.7 Å². The Morgan fingerprint density at radius 3 is 2.12 bits per heavy atom. The van der Waals surface area contributed by atoms with E-state index in [0.29, 0.717) is 12.8 Å². The average Bonchev–Trinajstić information content (AvgIpc) is 2.77. The third kappa shape index (κ3) is 8.27. The molecule has 180 valence electrons. The summed E-state index contributed by atoms with van der Waals surface area (Å²) in [4.78, 5) is 27.2. The standard InChI is InChI=1S/C24H34N4O4S/c1-17(2)16-22(27-33(31,32)20-13-11-19(12-14-20)28(3)4)24(30)26-23(29)21(25)15-10-18-8-6-5-7-9-18/h5-9,11-14,17,21-22,27H,10,15-16,25H2,1-4H3,(H,26,29,30)/t21-,22-/m0/s1. The molecular weight excluding hydrogens is 440 g/mol. The predicted octanol–water partition coefficient (Wildman–Crippen LogP) is 2.05. The van der Waals surface area contributed by atoms with Gasteiger partial charge in [-0.1, -0.05) is 44.2 Å². The molecule has 4 N–H and O–H groups in total. The van der Waals surface area contributed by atoms with Crippen LogP contribution in [0.2, 0.25) is 0 Å². The molecule has 2 aromatic rings. The van der Waals surface area contributed by atoms with Crippen LogP contribution in [0.5, 0.6) is 0 Å². The number of carbonyl (C=O) groups is 2. The molecule has 0 bridgehead atoms. The van der Waals surface area contributed by atoms with Crippen LogP contribution in [0.4, 0.5) is 5.69 Å². The van der Waals surface area contributed by atoms with Gasteiger partial charge in [0, 0.05) is 19.8 Å². The molecule has 0 saturated carbocycles. The van der Waals surface area contributed by atoms with Gasteiger partial charge in [0.2, 0.25) is 21.8 Å². The van der Waals surface area contributed by atoms with Crippen molar-refractivity contribution in [2.75, 3.05) is 19.0 Å². The van der Waals surface area contributed by atoms with Crippen LogP contribution in [0, 0.1) is 5.92 Å². The topological polar surface area (TPSA) is 122 Å². The molecule has 0 spiro atoms. The van der Waals surface area contributed by atoms with Crippen molar-refractivity contribution in [1.29, 1.82) is 0 Å². The van der Waals surface area contributed by atoms with E-state index in [1.165, 1.54) is 12.1 Å². The maximum absolute atomic E-state index is 12.9. The van der Waals surface area contributed by atoms with Crippen molar-refractivity contribution in [3.8, 4) is 0 Å². The summed E-state index contributed by atoms with van der Waals surface area (Å²) in [6, 6.07) is 13.9. The fourth-order valence-corrected chi connectivity index (χ4v) is 4.47. The van der Waals surface area contributed by atoms with Gasteiger partial charge in [-0.3, -0.25) is 14.9 Å². The van der Waals surface area contributed by atoms with Crippen molar-refractivity contribution >= 4 is 27.5 Å². The van der Waals surface area contributed by atoms with Gasteiger partial charge in [-0.15, -0.1) is 0 Å². The molecule has 33 heavy (non-hydrogen) atoms. The molecule has 0 aromatic heterocycles. The van der Waals surface area contributed by atoms with Gasteiger partial charge in [0.05, 0.1) is 10.9 Å². The lowest BCUT2D eigenvalue weighted by atomic mass is 10.0. The predicted molar refractivity (Wildman–Crippen MR) is 130 cm³/mol. The molecule has 0 saturated heterocycles. The fraction of sp³-hybridized carbons (Fsp3) is 0.417. The van der Waals surface area contributed by atoms with Gasteiger partial charge in [0.15, 0.2) is 0 Å². The summed E-state index contributed by atoms with van der Waals surface area (Å²) in [6.07, 6.45) is 1.18. The number of imide groups is 1. The Balaban J connectivity index is 2.05. The van der Waals surface area contributed by atoms with Gasteiger partial charge in [-0.2, -0.15) is 4.72 Å². The minimum atomic E-state index is -3.97. The molecule has 8 nitrogen and oxygen atoms in total. The van der Waals surface area contributed by atoms with E-state index >= 15 is 0 Å². The van der Waals surface area contributed by atoms with Crippen LogP contribution < -0.4 is 20.7 Å². The number of amides is 2. The van der Waals surface area contributed by atoms with E-state index in [0.717, 1.165) is 11.3 Å². The minimum absolute atomic E-state index is 0.0152. The molecule has 2 amide bonds. The average molecular weight is 475 g/mol. The van der Waals surface area contributed by atoms with Crippen molar-refractivity contribution < 1.29 is 18.0 Å². The van der Waals surface area contributed by atoms with Gasteiger partial charge in [0.1, 0.15) is 6.04 Å². The number of benzene rings is 2. The van der Waals surface area contributed by atoms with Crippen LogP contribution in [0.3, 0.4) is 0 Å². The molecule has 0 heterocycles. The number of rotatable bonds is 11. The van der Waals surface area contributed by atoms with Gasteiger partial charge >= 0.3 is 0 Å². The van der Waals surface area contributed by atoms with E-state index in [2.05, 4.69) is 10.0 Å². The first kappa shape index (κ1) is 26.5. The number of anilines is 1. The van der Waals surface area contributed by atoms with Gasteiger partial charge < -0.3 is 10.6 Å². The van der Waals surface area contributed by atoms with Crippen LogP contribution in [0.15, 0.2) is 59.5 Å². The van der Waals surface area contributed by atoms with E-state index < -0.39 is 33.9 Å². The first-order chi connectivity index (χ1) is 15.5. The SMILES string of the molecule is CC(C)C[C@H](NS(=O)(=O)c1ccc(N(C)C)cc1)C(=O)NC(=O)[C@@H](N)CCc1ccccc1. The summed E-state index contributed by atoms with van der Waals surface area (Å²) in [5.74, 6) is -1.32. The lowest BCUT2D eigenvalue weighted by molar-refractivity contribution is -0.132. The molecule has 0 radical (unpaired) electrons. The lowest BCUT2D eigenvalue weighted by Gasteiger charge is -2.21. The summed E-state index contributed by atoms with van der Waals surface area (Å²) in [6.45, 7) is 3.74. The summed E-state index contributed by atoms with van der Waals surface area (Å²) >= 11 is 0. The fourth-order valence-electron chi connectivity index (χ4n) is 3.26. The smallest absolute Gasteiger partial charge is 0.244 e. The van der Waals surface area contributed by atoms with Crippen LogP contribution >= 0.6 is 0 Å². The lowest BCUT2D eigenvalue weighted by Crippen LogP contribution is -2.52. The molecule has 0 aliphatic carbocycles. The quantitative estimate of drug-likeness (QED) is 0.458. The molecule has 0 aliphatic heterocycles. The van der Waals surface area contributed by atoms with Gasteiger partial charge in [-0.25, -0.2) is 8.42 Å². The van der Waals surface area contributed by atoms with Crippen LogP contribution in [-0.4, -0.2) is 46.4 Å². The Bertz CT molecular complexity index is 1020. The molecule has 9 heteroatoms. The Hall–Kier alpha value is -2.75. The summed E-state index contributed by atoms with van der Waals surface area (Å²) in [5, 5.41) is 2.28. The van der Waals surface area contributed by atoms with E-state index in [1.807, 2.05) is 63.2 Å². The molecule has 2 aromatic carbocycles. The number of nitrogens with two attached hydrogens (primary N) is 1. The highest BCUT2D eigenvalue weighted by Crippen LogP contribution is 2.17. The largest absolute Gasteiger partial charge is 0.378 e. The number of aryl methyl sites for hydroxylation is 1. The maximum Gasteiger partial charge on any atom is 0.244 e. The van der Waals surface area contributed by atoms with Crippen LogP contribution in [0.25, 0.3) is 0 Å². The summed E-state index contributed by atoms with van der Waals surface area (Å²) < 4.78 is 28.2. The van der Waals surface area contributed by atoms with Crippen molar-refractivity contribution in [1.82, 2.24) is 10.0 Å². The second-order valence-corrected chi connectivity index (χ2v) is 10.4. The Labute approximate surface area is 196 Å². The zero-order chi connectivity index (χ0) is 24.6. The highest BCUT2D eigenvalue weighted by molar-refractivity contribution is 7.89. The molecule has 2 atom stereocenters. The maximum atomic E-state index is 12.9. The van der Waals surface area contributed by atoms with Gasteiger partial charge in [-0.05, 0) is 55.0 Å². The number of nitrogens with one attached hydrogen (secondary N) is 2. The van der Waals surface area contributed by atoms with E-state index in [4.69, 9.17) is 5.73 Å². The second-order valence-electron chi connectivity index (χ2n) is 8.68. The highest BCUT2D eigenvalue weighted by Gasteiger charge is 2.28. The number of sulfonamides is 1. The molecule has 0 fully saturated rings. The first-order valence-electron chi connectivity index (χ1n) is 10.9. The van der Waals surface area contributed by atoms with Gasteiger partial charge in [0.25, 0.3) is 0 Å². The number of hydrogen-bond acceptors (Lipinski definition) is 6. The monoisotopic (exact) mass is 474 g/mol. The van der Waals surface area contributed by atoms with Crippen LogP contribution in [-0.2, 0) is 26.0 Å². The number of nitrogens with zero attached hydrogens (tertiary/aromatic N) is 1. The minimum Gasteiger partial charge on any atom is -0.378 e. The normalized spacial score (nSPS) is 13.4. The zero-order valence-corrected chi connectivity index (χ0v) is 20.4. The molecule has 0 aliphatic rings. The molecule has 2 rings (SSSR count). The second kappa shape index (κ2) is 11.9. The van der Waals surface area contributed by atoms with Crippen molar-refractivity contribution in [3.05, 3.63) is 60.2 Å². The zero-order valence-electron chi connectivity index (χ0n) is 19.6. The van der Waals surface area contributed by atoms with E-state index in [9.17, 15) is 18.0 Å². The Morgan fingerprint density at radius 1 is 0.970 bits per heavy atom. The summed E-state index contributed by atoms with van der Waals surface area (Å²) in [5.41, 5.74) is 7.85. The van der Waals surface area contributed by atoms with Crippen molar-refractivity contribution in [3.63, 3.8) is 0 Å². The van der Waals surface area contributed by atoms with E-state index in [1.54, 1.807) is 12.1 Å². The first-order valence-corrected chi connectivity index (χ1v) is 12.4. The Morgan fingerprint density at radius 2 is 1.58 bits per heavy atom. The number of hydrogen-bond donors (Lipinski definition) is 3. The van der Waals surface area contributed by atoms with Crippen LogP contribution in [0.1, 0.15) is 32.3 Å². The highest BCUT2D eigenvalue weighted by atomic mass is 32.2. The Kier molecular flexibility index (Phi) is 9.57. The van der Waals surface area contributed by atoms with Crippen molar-refractivity contribution in [2.45, 2.75) is 50.1 Å².